The molecule has 1 aromatic carbocycles. The Morgan fingerprint density at radius 2 is 1.37 bits per heavy atom. The summed E-state index contributed by atoms with van der Waals surface area (Å²) in [5.74, 6) is 0.351. The molecule has 0 bridgehead atoms. The van der Waals surface area contributed by atoms with Crippen molar-refractivity contribution in [2.75, 3.05) is 0 Å². The van der Waals surface area contributed by atoms with Crippen LogP contribution < -0.4 is 0 Å². The van der Waals surface area contributed by atoms with Gasteiger partial charge in [-0.3, -0.25) is 4.79 Å². The van der Waals surface area contributed by atoms with Crippen molar-refractivity contribution in [1.29, 1.82) is 0 Å². The Labute approximate surface area is 116 Å². The lowest BCUT2D eigenvalue weighted by Gasteiger charge is -2.30. The van der Waals surface area contributed by atoms with Crippen molar-refractivity contribution < 1.29 is 9.90 Å². The van der Waals surface area contributed by atoms with Crippen LogP contribution in [0, 0.1) is 0 Å². The Morgan fingerprint density at radius 1 is 1.00 bits per heavy atom. The quantitative estimate of drug-likeness (QED) is 0.789. The molecule has 0 aliphatic carbocycles. The molecule has 1 N–H and O–H groups in total. The molecule has 1 rings (SSSR count). The first-order valence-electron chi connectivity index (χ1n) is 7.02. The van der Waals surface area contributed by atoms with Crippen LogP contribution in [-0.4, -0.2) is 11.4 Å². The molecule has 0 amide bonds. The fourth-order valence-corrected chi connectivity index (χ4v) is 2.14. The second kappa shape index (κ2) is 5.36. The Bertz CT molecular complexity index is 433. The van der Waals surface area contributed by atoms with Gasteiger partial charge in [-0.05, 0) is 35.8 Å². The maximum Gasteiger partial charge on any atom is 0.150 e. The number of benzene rings is 1. The Morgan fingerprint density at radius 3 is 1.63 bits per heavy atom. The molecule has 0 heterocycles. The molecule has 0 aliphatic rings. The van der Waals surface area contributed by atoms with Gasteiger partial charge in [-0.15, -0.1) is 0 Å². The molecular formula is C17H26O2. The molecular weight excluding hydrogens is 236 g/mol. The summed E-state index contributed by atoms with van der Waals surface area (Å²) in [6.07, 6.45) is 2.69. The van der Waals surface area contributed by atoms with Crippen LogP contribution in [-0.2, 0) is 10.8 Å². The summed E-state index contributed by atoms with van der Waals surface area (Å²) in [5, 5.41) is 10.6. The first-order valence-corrected chi connectivity index (χ1v) is 7.02. The highest BCUT2D eigenvalue weighted by Gasteiger charge is 2.29. The van der Waals surface area contributed by atoms with E-state index in [0.717, 1.165) is 30.3 Å². The normalized spacial score (nSPS) is 12.5. The van der Waals surface area contributed by atoms with E-state index in [1.807, 2.05) is 12.1 Å². The number of aldehydes is 1. The minimum atomic E-state index is -0.137. The fraction of sp³-hybridized carbons (Fsp3) is 0.588. The summed E-state index contributed by atoms with van der Waals surface area (Å²) in [7, 11) is 0. The van der Waals surface area contributed by atoms with Gasteiger partial charge in [0.1, 0.15) is 12.0 Å². The minimum Gasteiger partial charge on any atom is -0.507 e. The third-order valence-corrected chi connectivity index (χ3v) is 4.49. The first kappa shape index (κ1) is 15.7. The van der Waals surface area contributed by atoms with Gasteiger partial charge in [0.15, 0.2) is 0 Å². The number of phenolic OH excluding ortho intramolecular Hbond substituents is 1. The summed E-state index contributed by atoms with van der Waals surface area (Å²) >= 11 is 0. The van der Waals surface area contributed by atoms with Crippen LogP contribution in [0.15, 0.2) is 12.1 Å². The molecule has 2 nitrogen and oxygen atoms in total. The second-order valence-electron chi connectivity index (χ2n) is 6.56. The zero-order valence-corrected chi connectivity index (χ0v) is 13.0. The van der Waals surface area contributed by atoms with Gasteiger partial charge in [-0.1, -0.05) is 41.5 Å². The van der Waals surface area contributed by atoms with E-state index in [2.05, 4.69) is 41.5 Å². The number of rotatable bonds is 5. The molecule has 1 aromatic rings. The third-order valence-electron chi connectivity index (χ3n) is 4.49. The standard InChI is InChI=1S/C17H26O2/c1-7-16(3,4)13-9-12(11-18)10-14(15(13)19)17(5,6)8-2/h9-11,19H,7-8H2,1-6H3. The zero-order valence-electron chi connectivity index (χ0n) is 13.0. The number of carbonyl (C=O) groups is 1. The van der Waals surface area contributed by atoms with E-state index < -0.39 is 0 Å². The Kier molecular flexibility index (Phi) is 4.44. The number of hydrogen-bond acceptors (Lipinski definition) is 2. The fourth-order valence-electron chi connectivity index (χ4n) is 2.14. The predicted octanol–water partition coefficient (Wildman–Crippen LogP) is 4.58. The Balaban J connectivity index is 3.59. The molecule has 19 heavy (non-hydrogen) atoms. The zero-order chi connectivity index (χ0) is 14.8. The summed E-state index contributed by atoms with van der Waals surface area (Å²) in [4.78, 5) is 11.2. The van der Waals surface area contributed by atoms with Gasteiger partial charge in [-0.2, -0.15) is 0 Å². The second-order valence-corrected chi connectivity index (χ2v) is 6.56. The number of phenols is 1. The maximum absolute atomic E-state index is 11.2. The van der Waals surface area contributed by atoms with E-state index in [1.54, 1.807) is 0 Å². The van der Waals surface area contributed by atoms with Crippen LogP contribution in [0.5, 0.6) is 5.75 Å². The molecule has 106 valence electrons. The van der Waals surface area contributed by atoms with Gasteiger partial charge >= 0.3 is 0 Å². The van der Waals surface area contributed by atoms with Crippen LogP contribution in [0.1, 0.15) is 75.9 Å². The maximum atomic E-state index is 11.2. The molecule has 0 saturated heterocycles. The van der Waals surface area contributed by atoms with Crippen LogP contribution in [0.25, 0.3) is 0 Å². The van der Waals surface area contributed by atoms with Crippen LogP contribution in [0.3, 0.4) is 0 Å². The predicted molar refractivity (Wildman–Crippen MR) is 80.1 cm³/mol. The SMILES string of the molecule is CCC(C)(C)c1cc(C=O)cc(C(C)(C)CC)c1O. The summed E-state index contributed by atoms with van der Waals surface area (Å²) < 4.78 is 0. The van der Waals surface area contributed by atoms with Crippen molar-refractivity contribution in [3.8, 4) is 5.75 Å². The van der Waals surface area contributed by atoms with Crippen LogP contribution in [0.4, 0.5) is 0 Å². The molecule has 0 saturated carbocycles. The van der Waals surface area contributed by atoms with E-state index in [1.165, 1.54) is 0 Å². The molecule has 0 spiro atoms. The largest absolute Gasteiger partial charge is 0.507 e. The van der Waals surface area contributed by atoms with Crippen LogP contribution >= 0.6 is 0 Å². The molecule has 0 unspecified atom stereocenters. The van der Waals surface area contributed by atoms with E-state index in [9.17, 15) is 9.90 Å². The van der Waals surface area contributed by atoms with Crippen LogP contribution in [0.2, 0.25) is 0 Å². The topological polar surface area (TPSA) is 37.3 Å². The van der Waals surface area contributed by atoms with Crippen molar-refractivity contribution in [2.24, 2.45) is 0 Å². The molecule has 0 radical (unpaired) electrons. The molecule has 0 aliphatic heterocycles. The van der Waals surface area contributed by atoms with Crippen molar-refractivity contribution in [1.82, 2.24) is 0 Å². The number of aromatic hydroxyl groups is 1. The van der Waals surface area contributed by atoms with E-state index in [0.29, 0.717) is 11.3 Å². The third kappa shape index (κ3) is 2.99. The lowest BCUT2D eigenvalue weighted by Crippen LogP contribution is -2.21. The highest BCUT2D eigenvalue weighted by molar-refractivity contribution is 5.77. The first-order chi connectivity index (χ1) is 8.69. The van der Waals surface area contributed by atoms with Crippen molar-refractivity contribution in [3.05, 3.63) is 28.8 Å². The van der Waals surface area contributed by atoms with Crippen molar-refractivity contribution in [2.45, 2.75) is 65.2 Å². The van der Waals surface area contributed by atoms with Crippen molar-refractivity contribution >= 4 is 6.29 Å². The highest BCUT2D eigenvalue weighted by Crippen LogP contribution is 2.42. The van der Waals surface area contributed by atoms with Gasteiger partial charge in [0, 0.05) is 16.7 Å². The molecule has 0 atom stereocenters. The lowest BCUT2D eigenvalue weighted by molar-refractivity contribution is 0.112. The van der Waals surface area contributed by atoms with Gasteiger partial charge in [0.25, 0.3) is 0 Å². The summed E-state index contributed by atoms with van der Waals surface area (Å²) in [5.41, 5.74) is 2.11. The van der Waals surface area contributed by atoms with Gasteiger partial charge in [0.05, 0.1) is 0 Å². The minimum absolute atomic E-state index is 0.137. The van der Waals surface area contributed by atoms with E-state index >= 15 is 0 Å². The lowest BCUT2D eigenvalue weighted by atomic mass is 9.75. The monoisotopic (exact) mass is 262 g/mol. The smallest absolute Gasteiger partial charge is 0.150 e. The molecule has 0 aromatic heterocycles. The van der Waals surface area contributed by atoms with Gasteiger partial charge in [0.2, 0.25) is 0 Å². The van der Waals surface area contributed by atoms with Gasteiger partial charge < -0.3 is 5.11 Å². The Hall–Kier alpha value is -1.31. The number of hydrogen-bond donors (Lipinski definition) is 1. The molecule has 0 fully saturated rings. The van der Waals surface area contributed by atoms with E-state index in [4.69, 9.17) is 0 Å². The van der Waals surface area contributed by atoms with Crippen molar-refractivity contribution in [3.63, 3.8) is 0 Å². The summed E-state index contributed by atoms with van der Waals surface area (Å²) in [6, 6.07) is 3.64. The van der Waals surface area contributed by atoms with Gasteiger partial charge in [-0.25, -0.2) is 0 Å². The average Bonchev–Trinajstić information content (AvgIpc) is 2.38. The van der Waals surface area contributed by atoms with E-state index in [-0.39, 0.29) is 10.8 Å². The molecule has 2 heteroatoms. The number of carbonyl (C=O) groups excluding carboxylic acids is 1. The average molecular weight is 262 g/mol. The summed E-state index contributed by atoms with van der Waals surface area (Å²) in [6.45, 7) is 12.6. The highest BCUT2D eigenvalue weighted by atomic mass is 16.3.